The Morgan fingerprint density at radius 1 is 0.897 bits per heavy atom. The van der Waals surface area contributed by atoms with Crippen molar-refractivity contribution in [1.29, 1.82) is 0 Å². The molecule has 0 spiro atoms. The maximum Gasteiger partial charge on any atom is 0.326 e. The first-order chi connectivity index (χ1) is 14.1. The molecule has 0 fully saturated rings. The Bertz CT molecular complexity index is 917. The van der Waals surface area contributed by atoms with Gasteiger partial charge in [-0.25, -0.2) is 4.79 Å². The predicted molar refractivity (Wildman–Crippen MR) is 111 cm³/mol. The number of methoxy groups -OCH3 is 1. The van der Waals surface area contributed by atoms with Crippen molar-refractivity contribution in [3.8, 4) is 5.75 Å². The third kappa shape index (κ3) is 5.23. The molecule has 0 aliphatic rings. The first-order valence-corrected chi connectivity index (χ1v) is 9.34. The fourth-order valence-corrected chi connectivity index (χ4v) is 3.28. The lowest BCUT2D eigenvalue weighted by molar-refractivity contribution is -0.141. The molecule has 5 heteroatoms. The van der Waals surface area contributed by atoms with E-state index in [2.05, 4.69) is 5.32 Å². The van der Waals surface area contributed by atoms with Gasteiger partial charge in [0.05, 0.1) is 13.0 Å². The van der Waals surface area contributed by atoms with Crippen LogP contribution in [0.15, 0.2) is 84.9 Å². The molecule has 3 rings (SSSR count). The minimum Gasteiger partial charge on any atom is -0.497 e. The van der Waals surface area contributed by atoms with E-state index in [9.17, 15) is 14.7 Å². The van der Waals surface area contributed by atoms with E-state index in [0.29, 0.717) is 5.75 Å². The number of nitrogens with one attached hydrogen (secondary N) is 1. The molecule has 29 heavy (non-hydrogen) atoms. The van der Waals surface area contributed by atoms with Crippen molar-refractivity contribution in [2.24, 2.45) is 0 Å². The molecule has 148 valence electrons. The standard InChI is InChI=1S/C24H23NO4/c1-29-20-14-8-9-17(15-20)16-21(24(27)28)25-23(26)22(18-10-4-2-5-11-18)19-12-6-3-7-13-19/h2-15,21-22H,16H2,1H3,(H,25,26)(H,27,28)/t21-/m1/s1. The number of carboxylic acids is 1. The molecule has 0 bridgehead atoms. The van der Waals surface area contributed by atoms with Crippen molar-refractivity contribution < 1.29 is 19.4 Å². The topological polar surface area (TPSA) is 75.6 Å². The summed E-state index contributed by atoms with van der Waals surface area (Å²) in [7, 11) is 1.56. The van der Waals surface area contributed by atoms with Crippen molar-refractivity contribution in [2.45, 2.75) is 18.4 Å². The summed E-state index contributed by atoms with van der Waals surface area (Å²) in [5, 5.41) is 12.4. The highest BCUT2D eigenvalue weighted by atomic mass is 16.5. The van der Waals surface area contributed by atoms with Crippen LogP contribution in [-0.2, 0) is 16.0 Å². The molecule has 0 heterocycles. The molecule has 3 aromatic rings. The summed E-state index contributed by atoms with van der Waals surface area (Å²) in [4.78, 5) is 25.0. The van der Waals surface area contributed by atoms with Gasteiger partial charge in [-0.05, 0) is 28.8 Å². The summed E-state index contributed by atoms with van der Waals surface area (Å²) >= 11 is 0. The lowest BCUT2D eigenvalue weighted by atomic mass is 9.90. The SMILES string of the molecule is COc1cccc(C[C@@H](NC(=O)C(c2ccccc2)c2ccccc2)C(=O)O)c1. The molecular weight excluding hydrogens is 366 g/mol. The second-order valence-electron chi connectivity index (χ2n) is 6.71. The van der Waals surface area contributed by atoms with Crippen LogP contribution in [0.3, 0.4) is 0 Å². The van der Waals surface area contributed by atoms with Crippen LogP contribution in [0.1, 0.15) is 22.6 Å². The number of rotatable bonds is 8. The number of benzene rings is 3. The van der Waals surface area contributed by atoms with Crippen LogP contribution in [0.2, 0.25) is 0 Å². The monoisotopic (exact) mass is 389 g/mol. The Kier molecular flexibility index (Phi) is 6.63. The first-order valence-electron chi connectivity index (χ1n) is 9.34. The maximum absolute atomic E-state index is 13.2. The number of carbonyl (C=O) groups excluding carboxylic acids is 1. The van der Waals surface area contributed by atoms with E-state index in [0.717, 1.165) is 16.7 Å². The van der Waals surface area contributed by atoms with Gasteiger partial charge in [0.2, 0.25) is 5.91 Å². The molecule has 0 radical (unpaired) electrons. The molecule has 5 nitrogen and oxygen atoms in total. The number of carboxylic acid groups (broad SMARTS) is 1. The molecule has 2 N–H and O–H groups in total. The molecule has 1 atom stereocenters. The quantitative estimate of drug-likeness (QED) is 0.617. The molecule has 0 aromatic heterocycles. The minimum atomic E-state index is -1.08. The zero-order valence-electron chi connectivity index (χ0n) is 16.1. The Morgan fingerprint density at radius 3 is 2.00 bits per heavy atom. The number of hydrogen-bond acceptors (Lipinski definition) is 3. The van der Waals surface area contributed by atoms with Gasteiger partial charge in [-0.1, -0.05) is 72.8 Å². The van der Waals surface area contributed by atoms with E-state index >= 15 is 0 Å². The molecular formula is C24H23NO4. The van der Waals surface area contributed by atoms with E-state index in [1.165, 1.54) is 0 Å². The highest BCUT2D eigenvalue weighted by Gasteiger charge is 2.27. The van der Waals surface area contributed by atoms with Crippen molar-refractivity contribution >= 4 is 11.9 Å². The summed E-state index contributed by atoms with van der Waals surface area (Å²) < 4.78 is 5.20. The third-order valence-electron chi connectivity index (χ3n) is 4.72. The average Bonchev–Trinajstić information content (AvgIpc) is 2.75. The summed E-state index contributed by atoms with van der Waals surface area (Å²) in [5.41, 5.74) is 2.39. The second-order valence-corrected chi connectivity index (χ2v) is 6.71. The van der Waals surface area contributed by atoms with Gasteiger partial charge < -0.3 is 15.2 Å². The van der Waals surface area contributed by atoms with Gasteiger partial charge in [0, 0.05) is 6.42 Å². The number of hydrogen-bond donors (Lipinski definition) is 2. The van der Waals surface area contributed by atoms with E-state index in [1.807, 2.05) is 66.7 Å². The maximum atomic E-state index is 13.2. The van der Waals surface area contributed by atoms with Crippen molar-refractivity contribution in [3.05, 3.63) is 102 Å². The molecule has 1 amide bonds. The first kappa shape index (κ1) is 20.1. The summed E-state index contributed by atoms with van der Waals surface area (Å²) in [6.07, 6.45) is 0.161. The van der Waals surface area contributed by atoms with Gasteiger partial charge in [-0.3, -0.25) is 4.79 Å². The van der Waals surface area contributed by atoms with Gasteiger partial charge in [0.1, 0.15) is 11.8 Å². The van der Waals surface area contributed by atoms with Gasteiger partial charge in [0.25, 0.3) is 0 Å². The second kappa shape index (κ2) is 9.55. The summed E-state index contributed by atoms with van der Waals surface area (Å²) in [6, 6.07) is 24.8. The zero-order chi connectivity index (χ0) is 20.6. The highest BCUT2D eigenvalue weighted by Crippen LogP contribution is 2.25. The van der Waals surface area contributed by atoms with Crippen LogP contribution in [-0.4, -0.2) is 30.1 Å². The van der Waals surface area contributed by atoms with E-state index < -0.39 is 17.9 Å². The Hall–Kier alpha value is -3.60. The van der Waals surface area contributed by atoms with Crippen molar-refractivity contribution in [2.75, 3.05) is 7.11 Å². The fraction of sp³-hybridized carbons (Fsp3) is 0.167. The van der Waals surface area contributed by atoms with Crippen LogP contribution in [0, 0.1) is 0 Å². The zero-order valence-corrected chi connectivity index (χ0v) is 16.1. The van der Waals surface area contributed by atoms with E-state index in [1.54, 1.807) is 25.3 Å². The smallest absolute Gasteiger partial charge is 0.326 e. The molecule has 0 aliphatic heterocycles. The molecule has 0 saturated heterocycles. The van der Waals surface area contributed by atoms with Gasteiger partial charge in [0.15, 0.2) is 0 Å². The van der Waals surface area contributed by atoms with Crippen LogP contribution in [0.4, 0.5) is 0 Å². The van der Waals surface area contributed by atoms with Gasteiger partial charge in [-0.15, -0.1) is 0 Å². The molecule has 0 saturated carbocycles. The Labute approximate surface area is 170 Å². The fourth-order valence-electron chi connectivity index (χ4n) is 3.28. The van der Waals surface area contributed by atoms with Crippen LogP contribution < -0.4 is 10.1 Å². The van der Waals surface area contributed by atoms with Crippen molar-refractivity contribution in [1.82, 2.24) is 5.32 Å². The lowest BCUT2D eigenvalue weighted by Crippen LogP contribution is -2.44. The minimum absolute atomic E-state index is 0.161. The molecule has 0 aliphatic carbocycles. The van der Waals surface area contributed by atoms with Crippen LogP contribution >= 0.6 is 0 Å². The predicted octanol–water partition coefficient (Wildman–Crippen LogP) is 3.64. The van der Waals surface area contributed by atoms with E-state index in [4.69, 9.17) is 4.74 Å². The normalized spacial score (nSPS) is 11.7. The number of aliphatic carboxylic acids is 1. The van der Waals surface area contributed by atoms with Crippen LogP contribution in [0.5, 0.6) is 5.75 Å². The lowest BCUT2D eigenvalue weighted by Gasteiger charge is -2.21. The summed E-state index contributed by atoms with van der Waals surface area (Å²) in [6.45, 7) is 0. The average molecular weight is 389 g/mol. The molecule has 3 aromatic carbocycles. The highest BCUT2D eigenvalue weighted by molar-refractivity contribution is 5.90. The Morgan fingerprint density at radius 2 is 1.48 bits per heavy atom. The number of amides is 1. The third-order valence-corrected chi connectivity index (χ3v) is 4.72. The summed E-state index contributed by atoms with van der Waals surface area (Å²) in [5.74, 6) is -1.38. The Balaban J connectivity index is 1.85. The van der Waals surface area contributed by atoms with Crippen molar-refractivity contribution in [3.63, 3.8) is 0 Å². The largest absolute Gasteiger partial charge is 0.497 e. The van der Waals surface area contributed by atoms with Crippen LogP contribution in [0.25, 0.3) is 0 Å². The number of ether oxygens (including phenoxy) is 1. The van der Waals surface area contributed by atoms with E-state index in [-0.39, 0.29) is 12.3 Å². The van der Waals surface area contributed by atoms with Gasteiger partial charge in [-0.2, -0.15) is 0 Å². The van der Waals surface area contributed by atoms with Gasteiger partial charge >= 0.3 is 5.97 Å². The molecule has 0 unspecified atom stereocenters. The number of carbonyl (C=O) groups is 2.